The van der Waals surface area contributed by atoms with Gasteiger partial charge in [0.25, 0.3) is 0 Å². The molecule has 0 aliphatic carbocycles. The van der Waals surface area contributed by atoms with Gasteiger partial charge in [0.15, 0.2) is 0 Å². The number of hydrogen-bond donors (Lipinski definition) is 1. The molecule has 0 amide bonds. The lowest BCUT2D eigenvalue weighted by molar-refractivity contribution is 0.205. The summed E-state index contributed by atoms with van der Waals surface area (Å²) in [5, 5.41) is 10.6. The van der Waals surface area contributed by atoms with E-state index in [-0.39, 0.29) is 0 Å². The van der Waals surface area contributed by atoms with Crippen LogP contribution in [0.25, 0.3) is 0 Å². The summed E-state index contributed by atoms with van der Waals surface area (Å²) in [5.41, 5.74) is 2.54. The van der Waals surface area contributed by atoms with Crippen LogP contribution in [-0.2, 0) is 6.42 Å². The third kappa shape index (κ3) is 3.17. The minimum absolute atomic E-state index is 0.645. The molecule has 1 heterocycles. The number of ether oxygens (including phenoxy) is 1. The van der Waals surface area contributed by atoms with Gasteiger partial charge in [0.2, 0.25) is 0 Å². The van der Waals surface area contributed by atoms with Gasteiger partial charge in [0.1, 0.15) is 11.9 Å². The second-order valence-electron chi connectivity index (χ2n) is 4.69. The van der Waals surface area contributed by atoms with Crippen LogP contribution in [-0.4, -0.2) is 16.7 Å². The summed E-state index contributed by atoms with van der Waals surface area (Å²) in [6, 6.07) is 11.5. The van der Waals surface area contributed by atoms with E-state index in [0.29, 0.717) is 12.3 Å². The molecular formula is C17H21NO2. The molecule has 2 aromatic rings. The molecule has 1 unspecified atom stereocenters. The van der Waals surface area contributed by atoms with Crippen LogP contribution >= 0.6 is 0 Å². The van der Waals surface area contributed by atoms with E-state index in [1.165, 1.54) is 0 Å². The summed E-state index contributed by atoms with van der Waals surface area (Å²) < 4.78 is 5.71. The highest BCUT2D eigenvalue weighted by atomic mass is 16.5. The third-order valence-electron chi connectivity index (χ3n) is 3.24. The van der Waals surface area contributed by atoms with Crippen LogP contribution < -0.4 is 4.74 Å². The molecule has 1 N–H and O–H groups in total. The second-order valence-corrected chi connectivity index (χ2v) is 4.69. The van der Waals surface area contributed by atoms with Gasteiger partial charge in [0.05, 0.1) is 12.3 Å². The van der Waals surface area contributed by atoms with Crippen molar-refractivity contribution in [3.05, 3.63) is 59.4 Å². The highest BCUT2D eigenvalue weighted by Gasteiger charge is 2.18. The van der Waals surface area contributed by atoms with Crippen molar-refractivity contribution < 1.29 is 9.84 Å². The zero-order valence-corrected chi connectivity index (χ0v) is 12.0. The number of rotatable bonds is 6. The van der Waals surface area contributed by atoms with Crippen molar-refractivity contribution in [2.45, 2.75) is 32.8 Å². The van der Waals surface area contributed by atoms with Crippen molar-refractivity contribution in [2.24, 2.45) is 0 Å². The van der Waals surface area contributed by atoms with Crippen LogP contribution in [0.2, 0.25) is 0 Å². The van der Waals surface area contributed by atoms with Crippen molar-refractivity contribution in [3.8, 4) is 5.75 Å². The molecule has 20 heavy (non-hydrogen) atoms. The molecule has 106 valence electrons. The maximum absolute atomic E-state index is 10.6. The van der Waals surface area contributed by atoms with Crippen molar-refractivity contribution in [2.75, 3.05) is 6.61 Å². The topological polar surface area (TPSA) is 42.4 Å². The molecule has 2 rings (SSSR count). The van der Waals surface area contributed by atoms with Crippen molar-refractivity contribution in [1.29, 1.82) is 0 Å². The Hall–Kier alpha value is -1.87. The molecule has 0 bridgehead atoms. The largest absolute Gasteiger partial charge is 0.493 e. The Morgan fingerprint density at radius 1 is 1.15 bits per heavy atom. The van der Waals surface area contributed by atoms with Gasteiger partial charge >= 0.3 is 0 Å². The van der Waals surface area contributed by atoms with Gasteiger partial charge in [-0.3, -0.25) is 4.98 Å². The predicted molar refractivity (Wildman–Crippen MR) is 79.9 cm³/mol. The molecule has 0 saturated carbocycles. The normalized spacial score (nSPS) is 12.2. The SMILES string of the molecule is CCCOc1ccccc1C(O)c1ncccc1CC. The average Bonchev–Trinajstić information content (AvgIpc) is 2.52. The first-order chi connectivity index (χ1) is 9.77. The molecule has 1 atom stereocenters. The fraction of sp³-hybridized carbons (Fsp3) is 0.353. The van der Waals surface area contributed by atoms with E-state index in [1.54, 1.807) is 6.20 Å². The monoisotopic (exact) mass is 271 g/mol. The van der Waals surface area contributed by atoms with Gasteiger partial charge in [-0.25, -0.2) is 0 Å². The molecule has 0 aliphatic heterocycles. The lowest BCUT2D eigenvalue weighted by Gasteiger charge is -2.17. The smallest absolute Gasteiger partial charge is 0.125 e. The summed E-state index contributed by atoms with van der Waals surface area (Å²) in [7, 11) is 0. The lowest BCUT2D eigenvalue weighted by Crippen LogP contribution is -2.08. The van der Waals surface area contributed by atoms with Crippen LogP contribution in [0.5, 0.6) is 5.75 Å². The number of aryl methyl sites for hydroxylation is 1. The molecule has 1 aromatic heterocycles. The van der Waals surface area contributed by atoms with E-state index >= 15 is 0 Å². The number of aliphatic hydroxyl groups is 1. The standard InChI is InChI=1S/C17H21NO2/c1-3-12-20-15-10-6-5-9-14(15)17(19)16-13(4-2)8-7-11-18-16/h5-11,17,19H,3-4,12H2,1-2H3. The minimum atomic E-state index is -0.751. The Kier molecular flexibility index (Phi) is 5.13. The molecular weight excluding hydrogens is 250 g/mol. The summed E-state index contributed by atoms with van der Waals surface area (Å²) in [6.07, 6.45) is 2.75. The van der Waals surface area contributed by atoms with Gasteiger partial charge in [-0.1, -0.05) is 38.1 Å². The fourth-order valence-electron chi connectivity index (χ4n) is 2.19. The Balaban J connectivity index is 2.35. The van der Waals surface area contributed by atoms with Gasteiger partial charge in [-0.05, 0) is 30.5 Å². The first-order valence-corrected chi connectivity index (χ1v) is 7.11. The number of aromatic nitrogens is 1. The number of aliphatic hydroxyl groups excluding tert-OH is 1. The van der Waals surface area contributed by atoms with Crippen LogP contribution in [0.3, 0.4) is 0 Å². The predicted octanol–water partition coefficient (Wildman–Crippen LogP) is 3.51. The van der Waals surface area contributed by atoms with Crippen LogP contribution in [0.15, 0.2) is 42.6 Å². The molecule has 3 heteroatoms. The molecule has 1 aromatic carbocycles. The Morgan fingerprint density at radius 2 is 1.95 bits per heavy atom. The second kappa shape index (κ2) is 7.06. The number of nitrogens with zero attached hydrogens (tertiary/aromatic N) is 1. The van der Waals surface area contributed by atoms with Crippen molar-refractivity contribution in [1.82, 2.24) is 4.98 Å². The van der Waals surface area contributed by atoms with E-state index in [9.17, 15) is 5.11 Å². The van der Waals surface area contributed by atoms with E-state index in [1.807, 2.05) is 36.4 Å². The highest BCUT2D eigenvalue weighted by Crippen LogP contribution is 2.30. The van der Waals surface area contributed by atoms with E-state index in [4.69, 9.17) is 4.74 Å². The fourth-order valence-corrected chi connectivity index (χ4v) is 2.19. The molecule has 0 fully saturated rings. The molecule has 0 radical (unpaired) electrons. The molecule has 0 aliphatic rings. The number of pyridine rings is 1. The van der Waals surface area contributed by atoms with Crippen LogP contribution in [0.4, 0.5) is 0 Å². The third-order valence-corrected chi connectivity index (χ3v) is 3.24. The van der Waals surface area contributed by atoms with E-state index in [0.717, 1.165) is 29.7 Å². The van der Waals surface area contributed by atoms with Gasteiger partial charge in [0, 0.05) is 11.8 Å². The van der Waals surface area contributed by atoms with Crippen molar-refractivity contribution >= 4 is 0 Å². The zero-order chi connectivity index (χ0) is 14.4. The first-order valence-electron chi connectivity index (χ1n) is 7.11. The summed E-state index contributed by atoms with van der Waals surface area (Å²) in [5.74, 6) is 0.731. The Bertz CT molecular complexity index is 554. The van der Waals surface area contributed by atoms with E-state index < -0.39 is 6.10 Å². The lowest BCUT2D eigenvalue weighted by atomic mass is 10.00. The molecule has 0 spiro atoms. The van der Waals surface area contributed by atoms with Gasteiger partial charge < -0.3 is 9.84 Å². The maximum atomic E-state index is 10.6. The van der Waals surface area contributed by atoms with Gasteiger partial charge in [-0.2, -0.15) is 0 Å². The Morgan fingerprint density at radius 3 is 2.70 bits per heavy atom. The summed E-state index contributed by atoms with van der Waals surface area (Å²) >= 11 is 0. The van der Waals surface area contributed by atoms with Gasteiger partial charge in [-0.15, -0.1) is 0 Å². The first kappa shape index (κ1) is 14.5. The van der Waals surface area contributed by atoms with Crippen LogP contribution in [0, 0.1) is 0 Å². The van der Waals surface area contributed by atoms with E-state index in [2.05, 4.69) is 18.8 Å². The van der Waals surface area contributed by atoms with Crippen LogP contribution in [0.1, 0.15) is 43.2 Å². The highest BCUT2D eigenvalue weighted by molar-refractivity contribution is 5.40. The number of hydrogen-bond acceptors (Lipinski definition) is 3. The zero-order valence-electron chi connectivity index (χ0n) is 12.0. The Labute approximate surface area is 120 Å². The molecule has 0 saturated heterocycles. The minimum Gasteiger partial charge on any atom is -0.493 e. The maximum Gasteiger partial charge on any atom is 0.125 e. The summed E-state index contributed by atoms with van der Waals surface area (Å²) in [4.78, 5) is 4.34. The van der Waals surface area contributed by atoms with Crippen molar-refractivity contribution in [3.63, 3.8) is 0 Å². The quantitative estimate of drug-likeness (QED) is 0.874. The summed E-state index contributed by atoms with van der Waals surface area (Å²) in [6.45, 7) is 4.77. The molecule has 3 nitrogen and oxygen atoms in total. The number of benzene rings is 1. The number of para-hydroxylation sites is 1. The average molecular weight is 271 g/mol.